The van der Waals surface area contributed by atoms with Crippen LogP contribution >= 0.6 is 0 Å². The molecule has 1 aliphatic carbocycles. The fourth-order valence-electron chi connectivity index (χ4n) is 4.65. The molecule has 0 aromatic heterocycles. The number of carbonyl (C=O) groups excluding carboxylic acids is 3. The Balaban J connectivity index is 1.87. The van der Waals surface area contributed by atoms with E-state index in [0.717, 1.165) is 31.6 Å². The Bertz CT molecular complexity index is 871. The number of rotatable bonds is 11. The van der Waals surface area contributed by atoms with Gasteiger partial charge in [-0.3, -0.25) is 9.59 Å². The normalized spacial score (nSPS) is 22.1. The van der Waals surface area contributed by atoms with Gasteiger partial charge in [0.2, 0.25) is 0 Å². The molecule has 0 fully saturated rings. The number of aliphatic hydroxyl groups excluding tert-OH is 1. The summed E-state index contributed by atoms with van der Waals surface area (Å²) in [5, 5.41) is 10.4. The summed E-state index contributed by atoms with van der Waals surface area (Å²) in [5.74, 6) is -1.28. The smallest absolute Gasteiger partial charge is 0.334 e. The van der Waals surface area contributed by atoms with E-state index in [4.69, 9.17) is 9.47 Å². The van der Waals surface area contributed by atoms with Crippen LogP contribution in [0.1, 0.15) is 86.0 Å². The SMILES string of the molecule is CC(=O)O[C@H]1OC(=O)C=C1[C@H](O)C/C=C(/C=O)CC/C=C(/C)CCC1=C(C)CCCC1(C)C. The fourth-order valence-corrected chi connectivity index (χ4v) is 4.65. The third-order valence-corrected chi connectivity index (χ3v) is 6.57. The number of hydrogen-bond donors (Lipinski definition) is 1. The summed E-state index contributed by atoms with van der Waals surface area (Å²) in [7, 11) is 0. The van der Waals surface area contributed by atoms with E-state index in [9.17, 15) is 19.5 Å². The highest BCUT2D eigenvalue weighted by Crippen LogP contribution is 2.42. The average molecular weight is 459 g/mol. The van der Waals surface area contributed by atoms with Crippen molar-refractivity contribution in [3.05, 3.63) is 46.1 Å². The fraction of sp³-hybridized carbons (Fsp3) is 0.593. The van der Waals surface area contributed by atoms with Crippen molar-refractivity contribution in [2.24, 2.45) is 5.41 Å². The zero-order valence-corrected chi connectivity index (χ0v) is 20.6. The van der Waals surface area contributed by atoms with Crippen LogP contribution in [0, 0.1) is 5.41 Å². The molecular weight excluding hydrogens is 420 g/mol. The van der Waals surface area contributed by atoms with Gasteiger partial charge in [0.1, 0.15) is 6.29 Å². The number of aldehydes is 1. The summed E-state index contributed by atoms with van der Waals surface area (Å²) in [4.78, 5) is 34.1. The largest absolute Gasteiger partial charge is 0.421 e. The van der Waals surface area contributed by atoms with Crippen LogP contribution in [0.15, 0.2) is 46.1 Å². The average Bonchev–Trinajstić information content (AvgIpc) is 3.08. The number of carbonyl (C=O) groups is 3. The summed E-state index contributed by atoms with van der Waals surface area (Å²) < 4.78 is 9.80. The predicted octanol–water partition coefficient (Wildman–Crippen LogP) is 5.27. The lowest BCUT2D eigenvalue weighted by atomic mass is 9.71. The van der Waals surface area contributed by atoms with Gasteiger partial charge < -0.3 is 14.6 Å². The van der Waals surface area contributed by atoms with Crippen LogP contribution < -0.4 is 0 Å². The summed E-state index contributed by atoms with van der Waals surface area (Å²) in [5.41, 5.74) is 5.51. The molecule has 0 amide bonds. The Morgan fingerprint density at radius 1 is 1.30 bits per heavy atom. The third-order valence-electron chi connectivity index (χ3n) is 6.57. The monoisotopic (exact) mass is 458 g/mol. The van der Waals surface area contributed by atoms with Crippen LogP contribution in [-0.2, 0) is 23.9 Å². The molecule has 6 nitrogen and oxygen atoms in total. The maximum atomic E-state index is 11.5. The molecule has 2 atom stereocenters. The second kappa shape index (κ2) is 12.1. The highest BCUT2D eigenvalue weighted by atomic mass is 16.7. The Morgan fingerprint density at radius 3 is 2.67 bits per heavy atom. The number of cyclic esters (lactones) is 1. The van der Waals surface area contributed by atoms with E-state index in [1.807, 2.05) is 0 Å². The van der Waals surface area contributed by atoms with E-state index in [1.165, 1.54) is 31.8 Å². The Morgan fingerprint density at radius 2 is 2.03 bits per heavy atom. The highest BCUT2D eigenvalue weighted by molar-refractivity contribution is 5.86. The maximum Gasteiger partial charge on any atom is 0.334 e. The zero-order chi connectivity index (χ0) is 24.6. The van der Waals surface area contributed by atoms with E-state index < -0.39 is 24.3 Å². The molecule has 6 heteroatoms. The topological polar surface area (TPSA) is 89.9 Å². The van der Waals surface area contributed by atoms with E-state index in [0.29, 0.717) is 12.0 Å². The molecule has 182 valence electrons. The van der Waals surface area contributed by atoms with Crippen LogP contribution in [0.5, 0.6) is 0 Å². The third kappa shape index (κ3) is 8.11. The van der Waals surface area contributed by atoms with Gasteiger partial charge in [-0.15, -0.1) is 0 Å². The molecule has 1 N–H and O–H groups in total. The van der Waals surface area contributed by atoms with Crippen LogP contribution in [0.4, 0.5) is 0 Å². The van der Waals surface area contributed by atoms with Crippen molar-refractivity contribution in [1.82, 2.24) is 0 Å². The number of hydrogen-bond acceptors (Lipinski definition) is 6. The summed E-state index contributed by atoms with van der Waals surface area (Å²) in [6.45, 7) is 10.3. The lowest BCUT2D eigenvalue weighted by Crippen LogP contribution is -2.25. The zero-order valence-electron chi connectivity index (χ0n) is 20.6. The van der Waals surface area contributed by atoms with Crippen molar-refractivity contribution in [3.8, 4) is 0 Å². The van der Waals surface area contributed by atoms with E-state index in [-0.39, 0.29) is 17.4 Å². The highest BCUT2D eigenvalue weighted by Gasteiger charge is 2.33. The van der Waals surface area contributed by atoms with Crippen molar-refractivity contribution in [2.45, 2.75) is 98.4 Å². The number of esters is 2. The van der Waals surface area contributed by atoms with Crippen molar-refractivity contribution < 1.29 is 29.0 Å². The van der Waals surface area contributed by atoms with E-state index in [1.54, 1.807) is 17.2 Å². The minimum Gasteiger partial charge on any atom is -0.421 e. The predicted molar refractivity (Wildman–Crippen MR) is 127 cm³/mol. The molecule has 0 radical (unpaired) electrons. The molecule has 0 bridgehead atoms. The Kier molecular flexibility index (Phi) is 9.84. The molecule has 0 aromatic carbocycles. The van der Waals surface area contributed by atoms with Gasteiger partial charge in [0.25, 0.3) is 6.29 Å². The van der Waals surface area contributed by atoms with Gasteiger partial charge in [-0.25, -0.2) is 4.79 Å². The van der Waals surface area contributed by atoms with Crippen molar-refractivity contribution in [2.75, 3.05) is 0 Å². The van der Waals surface area contributed by atoms with Crippen molar-refractivity contribution in [3.63, 3.8) is 0 Å². The van der Waals surface area contributed by atoms with Crippen molar-refractivity contribution in [1.29, 1.82) is 0 Å². The molecule has 33 heavy (non-hydrogen) atoms. The molecule has 1 heterocycles. The Labute approximate surface area is 197 Å². The number of ether oxygens (including phenoxy) is 2. The Hall–Kier alpha value is -2.47. The first kappa shape index (κ1) is 26.8. The molecule has 0 saturated carbocycles. The molecule has 2 rings (SSSR count). The summed E-state index contributed by atoms with van der Waals surface area (Å²) in [6.07, 6.45) is 10.8. The summed E-state index contributed by atoms with van der Waals surface area (Å²) >= 11 is 0. The van der Waals surface area contributed by atoms with Gasteiger partial charge >= 0.3 is 11.9 Å². The van der Waals surface area contributed by atoms with Crippen molar-refractivity contribution >= 4 is 18.2 Å². The summed E-state index contributed by atoms with van der Waals surface area (Å²) in [6, 6.07) is 0. The molecule has 1 aliphatic heterocycles. The molecular formula is C27H38O6. The minimum absolute atomic E-state index is 0.125. The van der Waals surface area contributed by atoms with Gasteiger partial charge in [-0.1, -0.05) is 42.7 Å². The van der Waals surface area contributed by atoms with Gasteiger partial charge in [-0.2, -0.15) is 0 Å². The van der Waals surface area contributed by atoms with Gasteiger partial charge in [0, 0.05) is 18.6 Å². The maximum absolute atomic E-state index is 11.5. The first-order valence-electron chi connectivity index (χ1n) is 11.8. The first-order valence-corrected chi connectivity index (χ1v) is 11.8. The van der Waals surface area contributed by atoms with Gasteiger partial charge in [0.15, 0.2) is 0 Å². The quantitative estimate of drug-likeness (QED) is 0.196. The molecule has 0 spiro atoms. The molecule has 0 unspecified atom stereocenters. The first-order chi connectivity index (χ1) is 15.5. The number of aliphatic hydroxyl groups is 1. The lowest BCUT2D eigenvalue weighted by molar-refractivity contribution is -0.173. The second-order valence-corrected chi connectivity index (χ2v) is 9.76. The molecule has 0 aromatic rings. The van der Waals surface area contributed by atoms with Crippen LogP contribution in [0.25, 0.3) is 0 Å². The van der Waals surface area contributed by atoms with E-state index in [2.05, 4.69) is 33.8 Å². The number of allylic oxidation sites excluding steroid dienone is 5. The molecule has 2 aliphatic rings. The molecule has 0 saturated heterocycles. The minimum atomic E-state index is -1.21. The van der Waals surface area contributed by atoms with E-state index >= 15 is 0 Å². The van der Waals surface area contributed by atoms with Gasteiger partial charge in [0.05, 0.1) is 6.10 Å². The van der Waals surface area contributed by atoms with Crippen LogP contribution in [0.3, 0.4) is 0 Å². The standard InChI is InChI=1S/C27H38O6/c1-18(11-13-23-19(2)9-7-15-27(23,4)5)8-6-10-21(17-28)12-14-24(30)22-16-25(31)33-26(22)32-20(3)29/h8,12,16-17,24,26,30H,6-7,9-11,13-15H2,1-5H3/b18-8-,21-12+/t24-,26+/m1/s1. The van der Waals surface area contributed by atoms with Crippen LogP contribution in [-0.4, -0.2) is 35.7 Å². The lowest BCUT2D eigenvalue weighted by Gasteiger charge is -2.35. The van der Waals surface area contributed by atoms with Crippen LogP contribution in [0.2, 0.25) is 0 Å². The van der Waals surface area contributed by atoms with Gasteiger partial charge in [-0.05, 0) is 76.2 Å². The second-order valence-electron chi connectivity index (χ2n) is 9.76.